The molecule has 1 aliphatic heterocycles. The number of para-hydroxylation sites is 1. The van der Waals surface area contributed by atoms with Gasteiger partial charge in [0.05, 0.1) is 11.6 Å². The highest BCUT2D eigenvalue weighted by Crippen LogP contribution is 2.16. The summed E-state index contributed by atoms with van der Waals surface area (Å²) in [6.07, 6.45) is 4.66. The number of hydrogen-bond donors (Lipinski definition) is 2. The van der Waals surface area contributed by atoms with E-state index >= 15 is 0 Å². The maximum atomic E-state index is 11.9. The summed E-state index contributed by atoms with van der Waals surface area (Å²) in [6, 6.07) is 10.2. The Balaban J connectivity index is 1.61. The Morgan fingerprint density at radius 3 is 3.10 bits per heavy atom. The van der Waals surface area contributed by atoms with Crippen LogP contribution in [0.5, 0.6) is 0 Å². The van der Waals surface area contributed by atoms with Crippen LogP contribution in [0.4, 0.5) is 0 Å². The highest BCUT2D eigenvalue weighted by Gasteiger charge is 2.21. The van der Waals surface area contributed by atoms with Crippen LogP contribution in [0.25, 0.3) is 10.9 Å². The average molecular weight is 269 g/mol. The van der Waals surface area contributed by atoms with Crippen molar-refractivity contribution in [3.8, 4) is 0 Å². The fraction of sp³-hybridized carbons (Fsp3) is 0.375. The van der Waals surface area contributed by atoms with Crippen molar-refractivity contribution in [3.05, 3.63) is 42.1 Å². The second kappa shape index (κ2) is 6.01. The fourth-order valence-corrected chi connectivity index (χ4v) is 2.72. The van der Waals surface area contributed by atoms with Gasteiger partial charge in [0.15, 0.2) is 0 Å². The maximum Gasteiger partial charge on any atom is 0.237 e. The Morgan fingerprint density at radius 1 is 1.35 bits per heavy atom. The molecule has 1 fully saturated rings. The molecular formula is C16H19N3O. The molecule has 2 aromatic rings. The number of benzene rings is 1. The SMILES string of the molecule is O=C(NCCc1cccc2cccnc12)[C@H]1CCCN1. The lowest BCUT2D eigenvalue weighted by Crippen LogP contribution is -2.41. The first-order chi connectivity index (χ1) is 9.84. The predicted molar refractivity (Wildman–Crippen MR) is 79.5 cm³/mol. The molecule has 1 aromatic carbocycles. The van der Waals surface area contributed by atoms with Crippen LogP contribution in [-0.2, 0) is 11.2 Å². The van der Waals surface area contributed by atoms with E-state index in [1.807, 2.05) is 18.3 Å². The summed E-state index contributed by atoms with van der Waals surface area (Å²) in [5.74, 6) is 0.121. The topological polar surface area (TPSA) is 54.0 Å². The Labute approximate surface area is 118 Å². The molecule has 0 radical (unpaired) electrons. The van der Waals surface area contributed by atoms with Gasteiger partial charge in [0.2, 0.25) is 5.91 Å². The molecule has 1 atom stereocenters. The molecule has 1 aromatic heterocycles. The molecular weight excluding hydrogens is 250 g/mol. The highest BCUT2D eigenvalue weighted by molar-refractivity contribution is 5.83. The lowest BCUT2D eigenvalue weighted by atomic mass is 10.1. The van der Waals surface area contributed by atoms with E-state index in [9.17, 15) is 4.79 Å². The van der Waals surface area contributed by atoms with E-state index in [4.69, 9.17) is 0 Å². The molecule has 3 rings (SSSR count). The van der Waals surface area contributed by atoms with Crippen molar-refractivity contribution in [2.45, 2.75) is 25.3 Å². The number of carbonyl (C=O) groups excluding carboxylic acids is 1. The van der Waals surface area contributed by atoms with Gasteiger partial charge >= 0.3 is 0 Å². The van der Waals surface area contributed by atoms with Crippen LogP contribution in [0.15, 0.2) is 36.5 Å². The second-order valence-electron chi connectivity index (χ2n) is 5.18. The average Bonchev–Trinajstić information content (AvgIpc) is 3.02. The molecule has 1 aliphatic rings. The number of nitrogens with zero attached hydrogens (tertiary/aromatic N) is 1. The third-order valence-corrected chi connectivity index (χ3v) is 3.79. The first-order valence-corrected chi connectivity index (χ1v) is 7.18. The van der Waals surface area contributed by atoms with E-state index in [1.54, 1.807) is 0 Å². The largest absolute Gasteiger partial charge is 0.354 e. The van der Waals surface area contributed by atoms with E-state index in [0.29, 0.717) is 6.54 Å². The van der Waals surface area contributed by atoms with Crippen LogP contribution in [-0.4, -0.2) is 30.0 Å². The van der Waals surface area contributed by atoms with Crippen molar-refractivity contribution in [3.63, 3.8) is 0 Å². The highest BCUT2D eigenvalue weighted by atomic mass is 16.2. The van der Waals surface area contributed by atoms with E-state index in [-0.39, 0.29) is 11.9 Å². The molecule has 104 valence electrons. The number of aromatic nitrogens is 1. The molecule has 4 heteroatoms. The fourth-order valence-electron chi connectivity index (χ4n) is 2.72. The number of fused-ring (bicyclic) bond motifs is 1. The summed E-state index contributed by atoms with van der Waals surface area (Å²) >= 11 is 0. The predicted octanol–water partition coefficient (Wildman–Crippen LogP) is 1.65. The number of rotatable bonds is 4. The van der Waals surface area contributed by atoms with E-state index in [1.165, 1.54) is 5.56 Å². The molecule has 1 saturated heterocycles. The van der Waals surface area contributed by atoms with Gasteiger partial charge in [-0.3, -0.25) is 9.78 Å². The van der Waals surface area contributed by atoms with Gasteiger partial charge in [-0.05, 0) is 37.4 Å². The zero-order chi connectivity index (χ0) is 13.8. The van der Waals surface area contributed by atoms with Gasteiger partial charge in [-0.2, -0.15) is 0 Å². The maximum absolute atomic E-state index is 11.9. The van der Waals surface area contributed by atoms with E-state index in [0.717, 1.165) is 36.7 Å². The zero-order valence-corrected chi connectivity index (χ0v) is 11.4. The molecule has 0 bridgehead atoms. The van der Waals surface area contributed by atoms with E-state index in [2.05, 4.69) is 33.8 Å². The zero-order valence-electron chi connectivity index (χ0n) is 11.4. The molecule has 20 heavy (non-hydrogen) atoms. The third-order valence-electron chi connectivity index (χ3n) is 3.79. The molecule has 2 heterocycles. The van der Waals surface area contributed by atoms with Crippen LogP contribution in [0.2, 0.25) is 0 Å². The molecule has 0 spiro atoms. The summed E-state index contributed by atoms with van der Waals surface area (Å²) in [6.45, 7) is 1.61. The Hall–Kier alpha value is -1.94. The monoisotopic (exact) mass is 269 g/mol. The molecule has 2 N–H and O–H groups in total. The minimum Gasteiger partial charge on any atom is -0.354 e. The number of amides is 1. The summed E-state index contributed by atoms with van der Waals surface area (Å²) in [5.41, 5.74) is 2.21. The Morgan fingerprint density at radius 2 is 2.25 bits per heavy atom. The molecule has 0 aliphatic carbocycles. The van der Waals surface area contributed by atoms with Crippen LogP contribution >= 0.6 is 0 Å². The number of nitrogens with one attached hydrogen (secondary N) is 2. The van der Waals surface area contributed by atoms with Crippen molar-refractivity contribution in [2.24, 2.45) is 0 Å². The van der Waals surface area contributed by atoms with Crippen molar-refractivity contribution in [1.29, 1.82) is 0 Å². The van der Waals surface area contributed by atoms with Gasteiger partial charge in [-0.1, -0.05) is 24.3 Å². The number of pyridine rings is 1. The molecule has 1 amide bonds. The first kappa shape index (κ1) is 13.1. The second-order valence-corrected chi connectivity index (χ2v) is 5.18. The summed E-state index contributed by atoms with van der Waals surface area (Å²) in [5, 5.41) is 7.37. The quantitative estimate of drug-likeness (QED) is 0.887. The van der Waals surface area contributed by atoms with Gasteiger partial charge in [0.1, 0.15) is 0 Å². The lowest BCUT2D eigenvalue weighted by molar-refractivity contribution is -0.122. The van der Waals surface area contributed by atoms with Gasteiger partial charge in [-0.15, -0.1) is 0 Å². The van der Waals surface area contributed by atoms with Crippen LogP contribution < -0.4 is 10.6 Å². The van der Waals surface area contributed by atoms with Crippen LogP contribution in [0.3, 0.4) is 0 Å². The Kier molecular flexibility index (Phi) is 3.92. The summed E-state index contributed by atoms with van der Waals surface area (Å²) in [4.78, 5) is 16.3. The van der Waals surface area contributed by atoms with Gasteiger partial charge < -0.3 is 10.6 Å². The molecule has 0 saturated carbocycles. The summed E-state index contributed by atoms with van der Waals surface area (Å²) in [7, 11) is 0. The first-order valence-electron chi connectivity index (χ1n) is 7.18. The van der Waals surface area contributed by atoms with Crippen LogP contribution in [0.1, 0.15) is 18.4 Å². The van der Waals surface area contributed by atoms with Crippen molar-refractivity contribution >= 4 is 16.8 Å². The molecule has 0 unspecified atom stereocenters. The van der Waals surface area contributed by atoms with Crippen molar-refractivity contribution in [2.75, 3.05) is 13.1 Å². The van der Waals surface area contributed by atoms with Crippen LogP contribution in [0, 0.1) is 0 Å². The van der Waals surface area contributed by atoms with Gasteiger partial charge in [-0.25, -0.2) is 0 Å². The smallest absolute Gasteiger partial charge is 0.237 e. The molecule has 4 nitrogen and oxygen atoms in total. The minimum absolute atomic E-state index is 0.000595. The van der Waals surface area contributed by atoms with E-state index < -0.39 is 0 Å². The third kappa shape index (κ3) is 2.80. The standard InChI is InChI=1S/C16H19N3O/c20-16(14-7-3-9-17-14)19-11-8-13-5-1-4-12-6-2-10-18-15(12)13/h1-2,4-6,10,14,17H,3,7-9,11H2,(H,19,20)/t14-/m1/s1. The Bertz CT molecular complexity index is 600. The lowest BCUT2D eigenvalue weighted by Gasteiger charge is -2.11. The normalized spacial score (nSPS) is 18.3. The number of carbonyl (C=O) groups is 1. The number of hydrogen-bond acceptors (Lipinski definition) is 3. The van der Waals surface area contributed by atoms with Gasteiger partial charge in [0.25, 0.3) is 0 Å². The van der Waals surface area contributed by atoms with Gasteiger partial charge in [0, 0.05) is 18.1 Å². The minimum atomic E-state index is 0.000595. The van der Waals surface area contributed by atoms with Crippen molar-refractivity contribution < 1.29 is 4.79 Å². The summed E-state index contributed by atoms with van der Waals surface area (Å²) < 4.78 is 0. The van der Waals surface area contributed by atoms with Crippen molar-refractivity contribution in [1.82, 2.24) is 15.6 Å².